The highest BCUT2D eigenvalue weighted by molar-refractivity contribution is 6.32. The fourth-order valence-electron chi connectivity index (χ4n) is 1.89. The van der Waals surface area contributed by atoms with Gasteiger partial charge in [-0.15, -0.1) is 0 Å². The third-order valence-corrected chi connectivity index (χ3v) is 3.11. The second-order valence-electron chi connectivity index (χ2n) is 3.99. The zero-order chi connectivity index (χ0) is 13.1. The molecule has 0 aliphatic rings. The molecule has 0 bridgehead atoms. The van der Waals surface area contributed by atoms with Gasteiger partial charge >= 0.3 is 0 Å². The summed E-state index contributed by atoms with van der Waals surface area (Å²) >= 11 is 6.20. The van der Waals surface area contributed by atoms with Crippen LogP contribution in [0, 0.1) is 0 Å². The van der Waals surface area contributed by atoms with Crippen LogP contribution < -0.4 is 10.1 Å². The maximum atomic E-state index is 6.20. The van der Waals surface area contributed by atoms with Crippen molar-refractivity contribution in [3.63, 3.8) is 0 Å². The Morgan fingerprint density at radius 1 is 1.33 bits per heavy atom. The summed E-state index contributed by atoms with van der Waals surface area (Å²) in [5.74, 6) is 1.74. The average molecular weight is 266 g/mol. The van der Waals surface area contributed by atoms with Crippen molar-refractivity contribution < 1.29 is 4.74 Å². The third kappa shape index (κ3) is 2.35. The molecular formula is C13H16ClN3O. The van der Waals surface area contributed by atoms with Gasteiger partial charge in [-0.3, -0.25) is 0 Å². The molecule has 4 nitrogen and oxygen atoms in total. The maximum Gasteiger partial charge on any atom is 0.155 e. The summed E-state index contributed by atoms with van der Waals surface area (Å²) in [7, 11) is 5.50. The first-order valence-corrected chi connectivity index (χ1v) is 6.05. The van der Waals surface area contributed by atoms with Gasteiger partial charge in [0, 0.05) is 12.6 Å². The molecule has 2 aromatic rings. The smallest absolute Gasteiger partial charge is 0.155 e. The van der Waals surface area contributed by atoms with Gasteiger partial charge in [0.1, 0.15) is 11.6 Å². The predicted octanol–water partition coefficient (Wildman–Crippen LogP) is 2.47. The summed E-state index contributed by atoms with van der Waals surface area (Å²) in [6.07, 6.45) is 0. The van der Waals surface area contributed by atoms with E-state index >= 15 is 0 Å². The molecule has 18 heavy (non-hydrogen) atoms. The van der Waals surface area contributed by atoms with Gasteiger partial charge in [0.2, 0.25) is 0 Å². The van der Waals surface area contributed by atoms with E-state index in [4.69, 9.17) is 16.3 Å². The third-order valence-electron chi connectivity index (χ3n) is 2.84. The predicted molar refractivity (Wildman–Crippen MR) is 73.0 cm³/mol. The van der Waals surface area contributed by atoms with Crippen molar-refractivity contribution >= 4 is 11.6 Å². The van der Waals surface area contributed by atoms with Gasteiger partial charge in [0.05, 0.1) is 19.3 Å². The maximum absolute atomic E-state index is 6.20. The van der Waals surface area contributed by atoms with Gasteiger partial charge in [-0.1, -0.05) is 11.6 Å². The van der Waals surface area contributed by atoms with Crippen LogP contribution in [0.2, 0.25) is 5.15 Å². The van der Waals surface area contributed by atoms with Crippen LogP contribution in [-0.4, -0.2) is 23.7 Å². The van der Waals surface area contributed by atoms with Gasteiger partial charge in [0.15, 0.2) is 5.15 Å². The fraction of sp³-hybridized carbons (Fsp3) is 0.308. The first-order valence-electron chi connectivity index (χ1n) is 5.67. The van der Waals surface area contributed by atoms with Crippen LogP contribution in [0.15, 0.2) is 24.3 Å². The van der Waals surface area contributed by atoms with E-state index in [2.05, 4.69) is 10.3 Å². The Hall–Kier alpha value is -1.52. The van der Waals surface area contributed by atoms with E-state index in [0.717, 1.165) is 22.8 Å². The van der Waals surface area contributed by atoms with E-state index in [1.165, 1.54) is 0 Å². The number of hydrogen-bond donors (Lipinski definition) is 1. The minimum atomic E-state index is 0.521. The van der Waals surface area contributed by atoms with Crippen LogP contribution in [0.1, 0.15) is 5.82 Å². The number of nitrogens with zero attached hydrogens (tertiary/aromatic N) is 2. The van der Waals surface area contributed by atoms with Crippen molar-refractivity contribution in [3.05, 3.63) is 35.2 Å². The van der Waals surface area contributed by atoms with Crippen LogP contribution in [0.25, 0.3) is 11.3 Å². The summed E-state index contributed by atoms with van der Waals surface area (Å²) in [6.45, 7) is 0.687. The number of aromatic nitrogens is 2. The number of nitrogens with one attached hydrogen (secondary N) is 1. The van der Waals surface area contributed by atoms with Gasteiger partial charge in [-0.05, 0) is 31.3 Å². The van der Waals surface area contributed by atoms with E-state index in [9.17, 15) is 0 Å². The fourth-order valence-corrected chi connectivity index (χ4v) is 2.22. The number of ether oxygens (including phenoxy) is 1. The topological polar surface area (TPSA) is 39.1 Å². The Kier molecular flexibility index (Phi) is 3.89. The van der Waals surface area contributed by atoms with Gasteiger partial charge in [-0.2, -0.15) is 0 Å². The Labute approximate surface area is 112 Å². The molecule has 5 heteroatoms. The molecule has 2 rings (SSSR count). The Morgan fingerprint density at radius 2 is 2.00 bits per heavy atom. The lowest BCUT2D eigenvalue weighted by atomic mass is 10.1. The number of imidazole rings is 1. The van der Waals surface area contributed by atoms with Crippen LogP contribution >= 0.6 is 11.6 Å². The van der Waals surface area contributed by atoms with Crippen molar-refractivity contribution in [1.82, 2.24) is 14.9 Å². The largest absolute Gasteiger partial charge is 0.497 e. The van der Waals surface area contributed by atoms with E-state index in [1.807, 2.05) is 42.9 Å². The van der Waals surface area contributed by atoms with E-state index in [1.54, 1.807) is 7.11 Å². The zero-order valence-corrected chi connectivity index (χ0v) is 11.5. The lowest BCUT2D eigenvalue weighted by molar-refractivity contribution is 0.415. The molecule has 0 amide bonds. The molecule has 0 fully saturated rings. The molecule has 0 saturated heterocycles. The van der Waals surface area contributed by atoms with Crippen LogP contribution in [0.4, 0.5) is 0 Å². The lowest BCUT2D eigenvalue weighted by Crippen LogP contribution is -2.10. The van der Waals surface area contributed by atoms with E-state index in [-0.39, 0.29) is 0 Å². The average Bonchev–Trinajstić information content (AvgIpc) is 2.65. The van der Waals surface area contributed by atoms with Crippen molar-refractivity contribution in [2.45, 2.75) is 6.54 Å². The van der Waals surface area contributed by atoms with Crippen molar-refractivity contribution in [3.8, 4) is 17.0 Å². The number of benzene rings is 1. The second-order valence-corrected chi connectivity index (χ2v) is 4.34. The van der Waals surface area contributed by atoms with E-state index in [0.29, 0.717) is 11.7 Å². The lowest BCUT2D eigenvalue weighted by Gasteiger charge is -2.07. The molecule has 0 saturated carbocycles. The Balaban J connectivity index is 2.43. The highest BCUT2D eigenvalue weighted by Crippen LogP contribution is 2.29. The van der Waals surface area contributed by atoms with Gasteiger partial charge < -0.3 is 14.6 Å². The summed E-state index contributed by atoms with van der Waals surface area (Å²) < 4.78 is 7.14. The summed E-state index contributed by atoms with van der Waals surface area (Å²) in [5, 5.41) is 3.59. The first-order chi connectivity index (χ1) is 8.67. The molecule has 1 N–H and O–H groups in total. The molecule has 0 atom stereocenters. The van der Waals surface area contributed by atoms with Crippen LogP contribution in [0.5, 0.6) is 5.75 Å². The first kappa shape index (κ1) is 12.9. The molecule has 0 aliphatic heterocycles. The molecule has 0 unspecified atom stereocenters. The molecular weight excluding hydrogens is 250 g/mol. The number of halogens is 1. The number of methoxy groups -OCH3 is 1. The van der Waals surface area contributed by atoms with Gasteiger partial charge in [0.25, 0.3) is 0 Å². The minimum absolute atomic E-state index is 0.521. The number of rotatable bonds is 4. The highest BCUT2D eigenvalue weighted by Gasteiger charge is 2.14. The summed E-state index contributed by atoms with van der Waals surface area (Å²) in [6, 6.07) is 7.78. The van der Waals surface area contributed by atoms with Crippen LogP contribution in [0.3, 0.4) is 0 Å². The normalized spacial score (nSPS) is 10.7. The minimum Gasteiger partial charge on any atom is -0.497 e. The molecule has 1 heterocycles. The second kappa shape index (κ2) is 5.42. The quantitative estimate of drug-likeness (QED) is 0.923. The van der Waals surface area contributed by atoms with Crippen LogP contribution in [-0.2, 0) is 13.6 Å². The molecule has 1 aromatic heterocycles. The van der Waals surface area contributed by atoms with E-state index < -0.39 is 0 Å². The zero-order valence-electron chi connectivity index (χ0n) is 10.7. The molecule has 0 radical (unpaired) electrons. The standard InChI is InChI=1S/C13H16ClN3O/c1-15-8-11-16-13(14)12(17(11)2)9-4-6-10(18-3)7-5-9/h4-7,15H,8H2,1-3H3. The SMILES string of the molecule is CNCc1nc(Cl)c(-c2ccc(OC)cc2)n1C. The Morgan fingerprint density at radius 3 is 2.56 bits per heavy atom. The monoisotopic (exact) mass is 265 g/mol. The molecule has 1 aromatic carbocycles. The summed E-state index contributed by atoms with van der Waals surface area (Å²) in [5.41, 5.74) is 1.95. The van der Waals surface area contributed by atoms with Gasteiger partial charge in [-0.25, -0.2) is 4.98 Å². The molecule has 96 valence electrons. The van der Waals surface area contributed by atoms with Crippen molar-refractivity contribution in [2.75, 3.05) is 14.2 Å². The molecule has 0 aliphatic carbocycles. The highest BCUT2D eigenvalue weighted by atomic mass is 35.5. The number of hydrogen-bond acceptors (Lipinski definition) is 3. The Bertz CT molecular complexity index is 534. The van der Waals surface area contributed by atoms with Crippen molar-refractivity contribution in [2.24, 2.45) is 7.05 Å². The van der Waals surface area contributed by atoms with Crippen molar-refractivity contribution in [1.29, 1.82) is 0 Å². The summed E-state index contributed by atoms with van der Waals surface area (Å²) in [4.78, 5) is 4.35. The molecule has 0 spiro atoms.